The summed E-state index contributed by atoms with van der Waals surface area (Å²) < 4.78 is 4.93. The fourth-order valence-corrected chi connectivity index (χ4v) is 1.79. The lowest BCUT2D eigenvalue weighted by molar-refractivity contribution is 0.102. The van der Waals surface area contributed by atoms with Gasteiger partial charge in [-0.1, -0.05) is 25.9 Å². The third-order valence-electron chi connectivity index (χ3n) is 2.98. The van der Waals surface area contributed by atoms with Crippen LogP contribution in [0.3, 0.4) is 0 Å². The Morgan fingerprint density at radius 1 is 1.19 bits per heavy atom. The lowest BCUT2D eigenvalue weighted by Crippen LogP contribution is -2.18. The fraction of sp³-hybridized carbons (Fsp3) is 0.400. The van der Waals surface area contributed by atoms with Gasteiger partial charge in [-0.05, 0) is 19.1 Å². The summed E-state index contributed by atoms with van der Waals surface area (Å²) in [5.41, 5.74) is 1.22. The first-order valence-electron chi connectivity index (χ1n) is 6.74. The van der Waals surface area contributed by atoms with Gasteiger partial charge in [0.2, 0.25) is 0 Å². The largest absolute Gasteiger partial charge is 0.373 e. The number of rotatable bonds is 3. The van der Waals surface area contributed by atoms with Crippen LogP contribution in [0.15, 0.2) is 22.7 Å². The summed E-state index contributed by atoms with van der Waals surface area (Å²) in [6.07, 6.45) is 0. The van der Waals surface area contributed by atoms with E-state index in [1.54, 1.807) is 32.2 Å². The fourth-order valence-electron chi connectivity index (χ4n) is 1.79. The van der Waals surface area contributed by atoms with Crippen LogP contribution in [0, 0.1) is 6.92 Å². The third kappa shape index (κ3) is 3.59. The minimum atomic E-state index is -0.243. The van der Waals surface area contributed by atoms with Crippen molar-refractivity contribution in [2.24, 2.45) is 0 Å². The maximum absolute atomic E-state index is 12.3. The molecule has 6 heteroatoms. The van der Waals surface area contributed by atoms with Crippen molar-refractivity contribution in [2.75, 3.05) is 17.7 Å². The summed E-state index contributed by atoms with van der Waals surface area (Å²) in [6.45, 7) is 7.93. The van der Waals surface area contributed by atoms with E-state index in [-0.39, 0.29) is 11.3 Å². The van der Waals surface area contributed by atoms with E-state index < -0.39 is 0 Å². The summed E-state index contributed by atoms with van der Waals surface area (Å²) in [5, 5.41) is 9.44. The van der Waals surface area contributed by atoms with Crippen LogP contribution in [-0.4, -0.2) is 23.1 Å². The van der Waals surface area contributed by atoms with Crippen LogP contribution in [0.4, 0.5) is 11.6 Å². The third-order valence-corrected chi connectivity index (χ3v) is 2.98. The Morgan fingerprint density at radius 2 is 1.90 bits per heavy atom. The van der Waals surface area contributed by atoms with Crippen molar-refractivity contribution in [2.45, 2.75) is 33.1 Å². The van der Waals surface area contributed by atoms with Gasteiger partial charge in [0, 0.05) is 29.8 Å². The predicted octanol–water partition coefficient (Wildman–Crippen LogP) is 2.97. The van der Waals surface area contributed by atoms with Gasteiger partial charge in [-0.3, -0.25) is 4.79 Å². The number of anilines is 2. The van der Waals surface area contributed by atoms with Crippen molar-refractivity contribution in [1.29, 1.82) is 0 Å². The van der Waals surface area contributed by atoms with E-state index in [9.17, 15) is 4.79 Å². The molecule has 1 amide bonds. The molecule has 0 aromatic carbocycles. The molecule has 0 saturated heterocycles. The van der Waals surface area contributed by atoms with E-state index in [2.05, 4.69) is 41.5 Å². The zero-order valence-electron chi connectivity index (χ0n) is 12.9. The molecular weight excluding hydrogens is 268 g/mol. The van der Waals surface area contributed by atoms with Gasteiger partial charge in [0.25, 0.3) is 5.91 Å². The average Bonchev–Trinajstić information content (AvgIpc) is 2.82. The van der Waals surface area contributed by atoms with Gasteiger partial charge in [0.15, 0.2) is 5.82 Å². The van der Waals surface area contributed by atoms with Crippen LogP contribution in [0.1, 0.15) is 42.6 Å². The summed E-state index contributed by atoms with van der Waals surface area (Å²) >= 11 is 0. The molecule has 0 atom stereocenters. The lowest BCUT2D eigenvalue weighted by atomic mass is 9.90. The molecule has 0 aliphatic heterocycles. The molecule has 0 unspecified atom stereocenters. The van der Waals surface area contributed by atoms with Crippen molar-refractivity contribution in [3.05, 3.63) is 35.2 Å². The second-order valence-corrected chi connectivity index (χ2v) is 5.90. The number of hydrogen-bond acceptors (Lipinski definition) is 5. The van der Waals surface area contributed by atoms with Crippen LogP contribution < -0.4 is 10.6 Å². The summed E-state index contributed by atoms with van der Waals surface area (Å²) in [4.78, 5) is 16.8. The standard InChI is InChI=1S/C15H20N4O2/c1-9-6-13(19-21-9)18-14(20)10-7-11(15(2,3)4)17-12(8-10)16-5/h6-8H,1-5H3,(H,16,17)(H,18,19,20). The van der Waals surface area contributed by atoms with Gasteiger partial charge in [-0.25, -0.2) is 4.98 Å². The second-order valence-electron chi connectivity index (χ2n) is 5.90. The first-order valence-corrected chi connectivity index (χ1v) is 6.74. The number of amides is 1. The quantitative estimate of drug-likeness (QED) is 0.907. The molecule has 21 heavy (non-hydrogen) atoms. The first-order chi connectivity index (χ1) is 9.79. The van der Waals surface area contributed by atoms with E-state index in [4.69, 9.17) is 4.52 Å². The molecule has 2 heterocycles. The van der Waals surface area contributed by atoms with Gasteiger partial charge >= 0.3 is 0 Å². The molecular formula is C15H20N4O2. The topological polar surface area (TPSA) is 80.0 Å². The monoisotopic (exact) mass is 288 g/mol. The Bertz CT molecular complexity index is 656. The van der Waals surface area contributed by atoms with E-state index in [1.807, 2.05) is 0 Å². The molecule has 2 aromatic rings. The number of nitrogens with one attached hydrogen (secondary N) is 2. The van der Waals surface area contributed by atoms with E-state index in [1.165, 1.54) is 0 Å². The molecule has 2 N–H and O–H groups in total. The van der Waals surface area contributed by atoms with Crippen molar-refractivity contribution < 1.29 is 9.32 Å². The summed E-state index contributed by atoms with van der Waals surface area (Å²) in [6, 6.07) is 5.17. The van der Waals surface area contributed by atoms with E-state index in [0.29, 0.717) is 23.0 Å². The lowest BCUT2D eigenvalue weighted by Gasteiger charge is -2.19. The predicted molar refractivity (Wildman–Crippen MR) is 81.7 cm³/mol. The van der Waals surface area contributed by atoms with Crippen LogP contribution >= 0.6 is 0 Å². The number of carbonyl (C=O) groups excluding carboxylic acids is 1. The van der Waals surface area contributed by atoms with Crippen molar-refractivity contribution in [3.8, 4) is 0 Å². The Morgan fingerprint density at radius 3 is 2.43 bits per heavy atom. The van der Waals surface area contributed by atoms with Crippen LogP contribution in [0.25, 0.3) is 0 Å². The smallest absolute Gasteiger partial charge is 0.257 e. The van der Waals surface area contributed by atoms with E-state index in [0.717, 1.165) is 5.69 Å². The molecule has 6 nitrogen and oxygen atoms in total. The van der Waals surface area contributed by atoms with Gasteiger partial charge in [-0.2, -0.15) is 0 Å². The van der Waals surface area contributed by atoms with Crippen molar-refractivity contribution in [3.63, 3.8) is 0 Å². The zero-order valence-corrected chi connectivity index (χ0v) is 12.9. The van der Waals surface area contributed by atoms with Crippen LogP contribution in [-0.2, 0) is 5.41 Å². The summed E-state index contributed by atoms with van der Waals surface area (Å²) in [5.74, 6) is 1.46. The van der Waals surface area contributed by atoms with Crippen LogP contribution in [0.2, 0.25) is 0 Å². The van der Waals surface area contributed by atoms with Gasteiger partial charge in [-0.15, -0.1) is 0 Å². The van der Waals surface area contributed by atoms with E-state index >= 15 is 0 Å². The Balaban J connectivity index is 2.31. The number of carbonyl (C=O) groups is 1. The molecule has 112 valence electrons. The molecule has 0 fully saturated rings. The SMILES string of the molecule is CNc1cc(C(=O)Nc2cc(C)on2)cc(C(C)(C)C)n1. The highest BCUT2D eigenvalue weighted by atomic mass is 16.5. The molecule has 0 aliphatic carbocycles. The first kappa shape index (κ1) is 15.0. The van der Waals surface area contributed by atoms with Gasteiger partial charge in [0.05, 0.1) is 0 Å². The molecule has 2 rings (SSSR count). The normalized spacial score (nSPS) is 11.3. The highest BCUT2D eigenvalue weighted by molar-refractivity contribution is 6.04. The molecule has 0 bridgehead atoms. The van der Waals surface area contributed by atoms with Gasteiger partial charge in [0.1, 0.15) is 11.6 Å². The maximum Gasteiger partial charge on any atom is 0.257 e. The Kier molecular flexibility index (Phi) is 3.97. The maximum atomic E-state index is 12.3. The Hall–Kier alpha value is -2.37. The number of pyridine rings is 1. The molecule has 2 aromatic heterocycles. The highest BCUT2D eigenvalue weighted by Gasteiger charge is 2.19. The molecule has 0 saturated carbocycles. The second kappa shape index (κ2) is 5.55. The van der Waals surface area contributed by atoms with Crippen LogP contribution in [0.5, 0.6) is 0 Å². The number of aryl methyl sites for hydroxylation is 1. The molecule has 0 radical (unpaired) electrons. The minimum absolute atomic E-state index is 0.146. The summed E-state index contributed by atoms with van der Waals surface area (Å²) in [7, 11) is 1.78. The van der Waals surface area contributed by atoms with Crippen molar-refractivity contribution in [1.82, 2.24) is 10.1 Å². The molecule has 0 spiro atoms. The Labute approximate surface area is 123 Å². The highest BCUT2D eigenvalue weighted by Crippen LogP contribution is 2.23. The number of nitrogens with zero attached hydrogens (tertiary/aromatic N) is 2. The van der Waals surface area contributed by atoms with Gasteiger partial charge < -0.3 is 15.2 Å². The average molecular weight is 288 g/mol. The zero-order chi connectivity index (χ0) is 15.6. The van der Waals surface area contributed by atoms with Crippen molar-refractivity contribution >= 4 is 17.5 Å². The minimum Gasteiger partial charge on any atom is -0.373 e. The number of aromatic nitrogens is 2. The molecule has 0 aliphatic rings. The number of hydrogen-bond donors (Lipinski definition) is 2.